The van der Waals surface area contributed by atoms with Gasteiger partial charge in [-0.05, 0) is 18.6 Å². The molecule has 0 saturated carbocycles. The number of benzene rings is 1. The van der Waals surface area contributed by atoms with Crippen molar-refractivity contribution in [2.45, 2.75) is 32.2 Å². The van der Waals surface area contributed by atoms with E-state index in [2.05, 4.69) is 21.9 Å². The normalized spacial score (nSPS) is 20.0. The second-order valence-electron chi connectivity index (χ2n) is 4.93. The summed E-state index contributed by atoms with van der Waals surface area (Å²) in [5.41, 5.74) is 0.773. The summed E-state index contributed by atoms with van der Waals surface area (Å²) in [6, 6.07) is 6.57. The van der Waals surface area contributed by atoms with Crippen molar-refractivity contribution in [1.82, 2.24) is 5.32 Å². The average molecular weight is 288 g/mol. The van der Waals surface area contributed by atoms with E-state index in [9.17, 15) is 13.2 Å². The van der Waals surface area contributed by atoms with Crippen LogP contribution >= 0.6 is 0 Å². The fraction of sp³-hybridized carbons (Fsp3) is 0.571. The molecule has 1 saturated heterocycles. The first-order valence-electron chi connectivity index (χ1n) is 6.82. The SMILES string of the molecule is CCCC1CN(c2cccc(OC(F)(F)F)c2)CCN1. The van der Waals surface area contributed by atoms with Gasteiger partial charge in [-0.2, -0.15) is 0 Å². The molecule has 0 aliphatic carbocycles. The molecule has 1 N–H and O–H groups in total. The molecule has 1 unspecified atom stereocenters. The molecule has 1 aliphatic rings. The van der Waals surface area contributed by atoms with Gasteiger partial charge in [0.05, 0.1) is 0 Å². The standard InChI is InChI=1S/C14H19F3N2O/c1-2-4-11-10-19(8-7-18-11)12-5-3-6-13(9-12)20-14(15,16)17/h3,5-6,9,11,18H,2,4,7-8,10H2,1H3. The maximum absolute atomic E-state index is 12.2. The van der Waals surface area contributed by atoms with Gasteiger partial charge in [-0.3, -0.25) is 0 Å². The topological polar surface area (TPSA) is 24.5 Å². The molecule has 3 nitrogen and oxygen atoms in total. The fourth-order valence-corrected chi connectivity index (χ4v) is 2.48. The predicted molar refractivity (Wildman–Crippen MR) is 72.0 cm³/mol. The van der Waals surface area contributed by atoms with E-state index >= 15 is 0 Å². The molecule has 6 heteroatoms. The van der Waals surface area contributed by atoms with Crippen molar-refractivity contribution in [3.8, 4) is 5.75 Å². The average Bonchev–Trinajstić information content (AvgIpc) is 2.38. The van der Waals surface area contributed by atoms with Gasteiger partial charge in [0.1, 0.15) is 5.75 Å². The Labute approximate surface area is 116 Å². The number of nitrogens with zero attached hydrogens (tertiary/aromatic N) is 1. The highest BCUT2D eigenvalue weighted by molar-refractivity contribution is 5.51. The summed E-state index contributed by atoms with van der Waals surface area (Å²) in [7, 11) is 0. The van der Waals surface area contributed by atoms with Gasteiger partial charge in [-0.1, -0.05) is 19.4 Å². The number of alkyl halides is 3. The summed E-state index contributed by atoms with van der Waals surface area (Å²) in [5, 5.41) is 3.42. The van der Waals surface area contributed by atoms with Gasteiger partial charge in [-0.15, -0.1) is 13.2 Å². The second-order valence-corrected chi connectivity index (χ2v) is 4.93. The third-order valence-electron chi connectivity index (χ3n) is 3.31. The van der Waals surface area contributed by atoms with Crippen LogP contribution in [0.15, 0.2) is 24.3 Å². The molecule has 1 aromatic carbocycles. The van der Waals surface area contributed by atoms with Crippen molar-refractivity contribution < 1.29 is 17.9 Å². The lowest BCUT2D eigenvalue weighted by Crippen LogP contribution is -2.50. The molecule has 1 aromatic rings. The van der Waals surface area contributed by atoms with Crippen LogP contribution in [0.3, 0.4) is 0 Å². The van der Waals surface area contributed by atoms with E-state index < -0.39 is 6.36 Å². The highest BCUT2D eigenvalue weighted by atomic mass is 19.4. The Morgan fingerprint density at radius 3 is 2.90 bits per heavy atom. The zero-order valence-corrected chi connectivity index (χ0v) is 11.4. The smallest absolute Gasteiger partial charge is 0.406 e. The maximum Gasteiger partial charge on any atom is 0.573 e. The van der Waals surface area contributed by atoms with E-state index in [0.717, 1.165) is 38.2 Å². The largest absolute Gasteiger partial charge is 0.573 e. The van der Waals surface area contributed by atoms with Crippen LogP contribution in [0.4, 0.5) is 18.9 Å². The van der Waals surface area contributed by atoms with E-state index in [1.807, 2.05) is 6.07 Å². The quantitative estimate of drug-likeness (QED) is 0.921. The minimum absolute atomic E-state index is 0.166. The van der Waals surface area contributed by atoms with Gasteiger partial charge >= 0.3 is 6.36 Å². The first-order chi connectivity index (χ1) is 9.48. The number of halogens is 3. The molecular weight excluding hydrogens is 269 g/mol. The van der Waals surface area contributed by atoms with Crippen LogP contribution in [-0.4, -0.2) is 32.0 Å². The molecule has 1 heterocycles. The van der Waals surface area contributed by atoms with Crippen LogP contribution in [0.25, 0.3) is 0 Å². The summed E-state index contributed by atoms with van der Waals surface area (Å²) in [4.78, 5) is 2.10. The third kappa shape index (κ3) is 4.30. The molecule has 0 spiro atoms. The van der Waals surface area contributed by atoms with Gasteiger partial charge in [0.2, 0.25) is 0 Å². The third-order valence-corrected chi connectivity index (χ3v) is 3.31. The molecule has 0 radical (unpaired) electrons. The Hall–Kier alpha value is -1.43. The summed E-state index contributed by atoms with van der Waals surface area (Å²) in [5.74, 6) is -0.166. The Morgan fingerprint density at radius 2 is 2.20 bits per heavy atom. The van der Waals surface area contributed by atoms with Gasteiger partial charge in [0.15, 0.2) is 0 Å². The molecule has 112 valence electrons. The lowest BCUT2D eigenvalue weighted by molar-refractivity contribution is -0.274. The number of hydrogen-bond donors (Lipinski definition) is 1. The highest BCUT2D eigenvalue weighted by Gasteiger charge is 2.31. The first-order valence-corrected chi connectivity index (χ1v) is 6.82. The lowest BCUT2D eigenvalue weighted by atomic mass is 10.1. The van der Waals surface area contributed by atoms with Crippen LogP contribution in [-0.2, 0) is 0 Å². The number of ether oxygens (including phenoxy) is 1. The monoisotopic (exact) mass is 288 g/mol. The summed E-state index contributed by atoms with van der Waals surface area (Å²) in [6.07, 6.45) is -2.50. The van der Waals surface area contributed by atoms with E-state index in [1.165, 1.54) is 12.1 Å². The predicted octanol–water partition coefficient (Wildman–Crippen LogP) is 3.16. The number of hydrogen-bond acceptors (Lipinski definition) is 3. The summed E-state index contributed by atoms with van der Waals surface area (Å²) >= 11 is 0. The minimum Gasteiger partial charge on any atom is -0.406 e. The fourth-order valence-electron chi connectivity index (χ4n) is 2.48. The molecule has 1 atom stereocenters. The summed E-state index contributed by atoms with van der Waals surface area (Å²) in [6.45, 7) is 4.56. The van der Waals surface area contributed by atoms with Crippen molar-refractivity contribution in [2.75, 3.05) is 24.5 Å². The molecule has 20 heavy (non-hydrogen) atoms. The van der Waals surface area contributed by atoms with Crippen LogP contribution in [0.5, 0.6) is 5.75 Å². The Balaban J connectivity index is 2.06. The van der Waals surface area contributed by atoms with Crippen LogP contribution in [0.1, 0.15) is 19.8 Å². The van der Waals surface area contributed by atoms with E-state index in [-0.39, 0.29) is 5.75 Å². The maximum atomic E-state index is 12.2. The number of piperazine rings is 1. The van der Waals surface area contributed by atoms with Crippen molar-refractivity contribution in [3.63, 3.8) is 0 Å². The van der Waals surface area contributed by atoms with Crippen LogP contribution in [0, 0.1) is 0 Å². The zero-order chi connectivity index (χ0) is 14.6. The molecular formula is C14H19F3N2O. The Kier molecular flexibility index (Phi) is 4.75. The highest BCUT2D eigenvalue weighted by Crippen LogP contribution is 2.27. The lowest BCUT2D eigenvalue weighted by Gasteiger charge is -2.35. The Morgan fingerprint density at radius 1 is 1.40 bits per heavy atom. The minimum atomic E-state index is -4.65. The molecule has 2 rings (SSSR count). The van der Waals surface area contributed by atoms with E-state index in [1.54, 1.807) is 6.07 Å². The van der Waals surface area contributed by atoms with Crippen molar-refractivity contribution >= 4 is 5.69 Å². The number of rotatable bonds is 4. The van der Waals surface area contributed by atoms with E-state index in [4.69, 9.17) is 0 Å². The van der Waals surface area contributed by atoms with Gasteiger partial charge < -0.3 is 15.0 Å². The van der Waals surface area contributed by atoms with Gasteiger partial charge in [-0.25, -0.2) is 0 Å². The van der Waals surface area contributed by atoms with Crippen molar-refractivity contribution in [1.29, 1.82) is 0 Å². The number of nitrogens with one attached hydrogen (secondary N) is 1. The van der Waals surface area contributed by atoms with E-state index in [0.29, 0.717) is 6.04 Å². The van der Waals surface area contributed by atoms with Crippen molar-refractivity contribution in [3.05, 3.63) is 24.3 Å². The van der Waals surface area contributed by atoms with Gasteiger partial charge in [0, 0.05) is 37.4 Å². The second kappa shape index (κ2) is 6.35. The molecule has 1 fully saturated rings. The molecule has 0 aromatic heterocycles. The van der Waals surface area contributed by atoms with Gasteiger partial charge in [0.25, 0.3) is 0 Å². The zero-order valence-electron chi connectivity index (χ0n) is 11.4. The van der Waals surface area contributed by atoms with Crippen LogP contribution in [0.2, 0.25) is 0 Å². The summed E-state index contributed by atoms with van der Waals surface area (Å²) < 4.78 is 40.7. The van der Waals surface area contributed by atoms with Crippen LogP contribution < -0.4 is 15.0 Å². The molecule has 1 aliphatic heterocycles. The Bertz CT molecular complexity index is 435. The first kappa shape index (κ1) is 15.0. The number of anilines is 1. The van der Waals surface area contributed by atoms with Crippen molar-refractivity contribution in [2.24, 2.45) is 0 Å². The molecule has 0 bridgehead atoms. The molecule has 0 amide bonds.